The van der Waals surface area contributed by atoms with Gasteiger partial charge in [-0.3, -0.25) is 4.18 Å². The van der Waals surface area contributed by atoms with Gasteiger partial charge in [-0.2, -0.15) is 8.42 Å². The van der Waals surface area contributed by atoms with Gasteiger partial charge in [-0.1, -0.05) is 0 Å². The lowest BCUT2D eigenvalue weighted by molar-refractivity contribution is 0.00876. The summed E-state index contributed by atoms with van der Waals surface area (Å²) >= 11 is 1.54. The summed E-state index contributed by atoms with van der Waals surface area (Å²) in [5.41, 5.74) is 0. The lowest BCUT2D eigenvalue weighted by atomic mass is 10.3. The summed E-state index contributed by atoms with van der Waals surface area (Å²) in [7, 11) is -2.18. The highest BCUT2D eigenvalue weighted by Crippen LogP contribution is 2.35. The maximum atomic E-state index is 11.1. The van der Waals surface area contributed by atoms with Gasteiger partial charge in [0, 0.05) is 17.4 Å². The van der Waals surface area contributed by atoms with Crippen LogP contribution in [0.5, 0.6) is 11.5 Å². The average Bonchev–Trinajstić information content (AvgIpc) is 2.90. The predicted octanol–water partition coefficient (Wildman–Crippen LogP) is 1.66. The van der Waals surface area contributed by atoms with Gasteiger partial charge in [-0.15, -0.1) is 11.3 Å². The number of thiophene rings is 1. The first kappa shape index (κ1) is 15.6. The van der Waals surface area contributed by atoms with Crippen molar-refractivity contribution in [3.05, 3.63) is 10.8 Å². The molecule has 1 aliphatic rings. The third-order valence-corrected chi connectivity index (χ3v) is 4.80. The first-order valence-electron chi connectivity index (χ1n) is 6.32. The maximum absolute atomic E-state index is 11.1. The van der Waals surface area contributed by atoms with E-state index in [1.807, 2.05) is 10.8 Å². The van der Waals surface area contributed by atoms with E-state index in [4.69, 9.17) is 14.2 Å². The number of hydrogen-bond acceptors (Lipinski definition) is 7. The van der Waals surface area contributed by atoms with Gasteiger partial charge in [-0.25, -0.2) is 0 Å². The highest BCUT2D eigenvalue weighted by atomic mass is 32.2. The molecular weight excluding hydrogens is 304 g/mol. The van der Waals surface area contributed by atoms with Crippen molar-refractivity contribution < 1.29 is 26.8 Å². The fourth-order valence-electron chi connectivity index (χ4n) is 1.72. The Labute approximate surface area is 122 Å². The number of unbranched alkanes of at least 4 members (excludes halogenated alkanes) is 1. The molecule has 1 aliphatic heterocycles. The van der Waals surface area contributed by atoms with Crippen LogP contribution >= 0.6 is 11.3 Å². The summed E-state index contributed by atoms with van der Waals surface area (Å²) in [6.45, 7) is 1.41. The Balaban J connectivity index is 1.56. The molecular formula is C12H18O6S2. The highest BCUT2D eigenvalue weighted by Gasteiger charge is 2.21. The van der Waals surface area contributed by atoms with Gasteiger partial charge in [-0.05, 0) is 12.8 Å². The van der Waals surface area contributed by atoms with Crippen molar-refractivity contribution in [3.63, 3.8) is 0 Å². The molecule has 0 aromatic carbocycles. The molecule has 0 saturated heterocycles. The molecule has 0 saturated carbocycles. The normalized spacial score (nSPS) is 18.1. The van der Waals surface area contributed by atoms with E-state index in [0.29, 0.717) is 32.7 Å². The topological polar surface area (TPSA) is 71.1 Å². The van der Waals surface area contributed by atoms with Gasteiger partial charge in [0.2, 0.25) is 0 Å². The summed E-state index contributed by atoms with van der Waals surface area (Å²) in [6, 6.07) is 0. The molecule has 0 fully saturated rings. The Bertz CT molecular complexity index is 510. The van der Waals surface area contributed by atoms with Crippen molar-refractivity contribution in [2.45, 2.75) is 18.9 Å². The van der Waals surface area contributed by atoms with Crippen LogP contribution in [0.25, 0.3) is 0 Å². The van der Waals surface area contributed by atoms with Crippen molar-refractivity contribution in [1.82, 2.24) is 0 Å². The second kappa shape index (κ2) is 7.26. The number of fused-ring (bicyclic) bond motifs is 1. The Morgan fingerprint density at radius 3 is 2.95 bits per heavy atom. The van der Waals surface area contributed by atoms with E-state index < -0.39 is 10.1 Å². The molecule has 114 valence electrons. The molecule has 0 spiro atoms. The molecule has 0 bridgehead atoms. The zero-order valence-electron chi connectivity index (χ0n) is 11.2. The molecule has 6 nitrogen and oxygen atoms in total. The number of hydrogen-bond donors (Lipinski definition) is 0. The SMILES string of the molecule is COS(=O)(=O)CCCCOCC1COc2cscc2O1. The van der Waals surface area contributed by atoms with E-state index in [1.165, 1.54) is 18.4 Å². The van der Waals surface area contributed by atoms with Gasteiger partial charge >= 0.3 is 0 Å². The molecule has 8 heteroatoms. The molecule has 1 aromatic rings. The number of rotatable bonds is 8. The molecule has 1 atom stereocenters. The monoisotopic (exact) mass is 322 g/mol. The lowest BCUT2D eigenvalue weighted by Crippen LogP contribution is -2.33. The Morgan fingerprint density at radius 1 is 1.35 bits per heavy atom. The van der Waals surface area contributed by atoms with E-state index in [0.717, 1.165) is 11.5 Å². The van der Waals surface area contributed by atoms with Crippen molar-refractivity contribution in [2.24, 2.45) is 0 Å². The molecule has 1 aromatic heterocycles. The standard InChI is InChI=1S/C12H18O6S2/c1-15-20(13,14)5-3-2-4-16-6-10-7-17-11-8-19-9-12(11)18-10/h8-10H,2-7H2,1H3. The summed E-state index contributed by atoms with van der Waals surface area (Å²) in [6.07, 6.45) is 1.08. The second-order valence-electron chi connectivity index (χ2n) is 4.36. The van der Waals surface area contributed by atoms with Gasteiger partial charge < -0.3 is 14.2 Å². The molecule has 0 radical (unpaired) electrons. The van der Waals surface area contributed by atoms with Crippen LogP contribution in [0.1, 0.15) is 12.8 Å². The quantitative estimate of drug-likeness (QED) is 0.535. The third kappa shape index (κ3) is 4.62. The van der Waals surface area contributed by atoms with E-state index in [1.54, 1.807) is 0 Å². The maximum Gasteiger partial charge on any atom is 0.267 e. The summed E-state index contributed by atoms with van der Waals surface area (Å²) in [4.78, 5) is 0. The van der Waals surface area contributed by atoms with Gasteiger partial charge in [0.1, 0.15) is 6.61 Å². The fourth-order valence-corrected chi connectivity index (χ4v) is 3.12. The molecule has 20 heavy (non-hydrogen) atoms. The Hall–Kier alpha value is -0.830. The molecule has 2 rings (SSSR count). The summed E-state index contributed by atoms with van der Waals surface area (Å²) < 4.78 is 43.2. The van der Waals surface area contributed by atoms with E-state index >= 15 is 0 Å². The Kier molecular flexibility index (Phi) is 5.64. The van der Waals surface area contributed by atoms with Crippen molar-refractivity contribution in [3.8, 4) is 11.5 Å². The van der Waals surface area contributed by atoms with E-state index in [2.05, 4.69) is 4.18 Å². The fraction of sp³-hybridized carbons (Fsp3) is 0.667. The van der Waals surface area contributed by atoms with Crippen LogP contribution in [0.2, 0.25) is 0 Å². The minimum absolute atomic E-state index is 0.0220. The van der Waals surface area contributed by atoms with Crippen LogP contribution in [0.4, 0.5) is 0 Å². The smallest absolute Gasteiger partial charge is 0.267 e. The van der Waals surface area contributed by atoms with E-state index in [9.17, 15) is 8.42 Å². The first-order valence-corrected chi connectivity index (χ1v) is 8.84. The van der Waals surface area contributed by atoms with Crippen LogP contribution in [0.15, 0.2) is 10.8 Å². The minimum Gasteiger partial charge on any atom is -0.485 e. The molecule has 0 amide bonds. The molecule has 0 aliphatic carbocycles. The Morgan fingerprint density at radius 2 is 2.15 bits per heavy atom. The van der Waals surface area contributed by atoms with Crippen LogP contribution in [0.3, 0.4) is 0 Å². The molecule has 0 N–H and O–H groups in total. The van der Waals surface area contributed by atoms with Crippen molar-refractivity contribution in [1.29, 1.82) is 0 Å². The zero-order valence-corrected chi connectivity index (χ0v) is 12.9. The van der Waals surface area contributed by atoms with Gasteiger partial charge in [0.05, 0.1) is 19.5 Å². The third-order valence-electron chi connectivity index (χ3n) is 2.80. The largest absolute Gasteiger partial charge is 0.485 e. The minimum atomic E-state index is -3.35. The predicted molar refractivity (Wildman–Crippen MR) is 75.1 cm³/mol. The van der Waals surface area contributed by atoms with Crippen LogP contribution < -0.4 is 9.47 Å². The van der Waals surface area contributed by atoms with Crippen LogP contribution in [0, 0.1) is 0 Å². The number of ether oxygens (including phenoxy) is 3. The molecule has 1 unspecified atom stereocenters. The summed E-state index contributed by atoms with van der Waals surface area (Å²) in [5.74, 6) is 1.57. The first-order chi connectivity index (χ1) is 9.61. The van der Waals surface area contributed by atoms with Crippen molar-refractivity contribution in [2.75, 3.05) is 32.7 Å². The summed E-state index contributed by atoms with van der Waals surface area (Å²) in [5, 5.41) is 3.81. The van der Waals surface area contributed by atoms with Crippen LogP contribution in [-0.4, -0.2) is 47.2 Å². The zero-order chi connectivity index (χ0) is 14.4. The van der Waals surface area contributed by atoms with Gasteiger partial charge in [0.25, 0.3) is 10.1 Å². The lowest BCUT2D eigenvalue weighted by Gasteiger charge is -2.24. The van der Waals surface area contributed by atoms with E-state index in [-0.39, 0.29) is 11.9 Å². The van der Waals surface area contributed by atoms with Crippen LogP contribution in [-0.2, 0) is 19.0 Å². The van der Waals surface area contributed by atoms with Crippen molar-refractivity contribution >= 4 is 21.5 Å². The van der Waals surface area contributed by atoms with Gasteiger partial charge in [0.15, 0.2) is 17.6 Å². The average molecular weight is 322 g/mol. The highest BCUT2D eigenvalue weighted by molar-refractivity contribution is 7.86. The second-order valence-corrected chi connectivity index (χ2v) is 6.96. The molecule has 2 heterocycles.